The van der Waals surface area contributed by atoms with Gasteiger partial charge in [-0.15, -0.1) is 0 Å². The number of rotatable bonds is 3. The molecule has 0 radical (unpaired) electrons. The molecule has 10 heteroatoms. The molecule has 1 unspecified atom stereocenters. The number of hydrogen-bond acceptors (Lipinski definition) is 2. The fourth-order valence-corrected chi connectivity index (χ4v) is 1.32. The summed E-state index contributed by atoms with van der Waals surface area (Å²) in [4.78, 5) is 0.770. The van der Waals surface area contributed by atoms with Crippen LogP contribution in [0.2, 0.25) is 0 Å². The van der Waals surface area contributed by atoms with Crippen LogP contribution in [-0.2, 0) is 0 Å². The lowest BCUT2D eigenvalue weighted by atomic mass is 10.2. The van der Waals surface area contributed by atoms with Gasteiger partial charge in [-0.2, -0.15) is 31.4 Å². The Morgan fingerprint density at radius 2 is 1.47 bits per heavy atom. The van der Waals surface area contributed by atoms with E-state index in [-0.39, 0.29) is 30.5 Å². The first-order chi connectivity index (χ1) is 7.02. The van der Waals surface area contributed by atoms with E-state index >= 15 is 0 Å². The predicted molar refractivity (Wildman–Crippen MR) is 42.4 cm³/mol. The highest BCUT2D eigenvalue weighted by atomic mass is 35.5. The SMILES string of the molecule is C[NH+](C)CCN1NC1(C(F)(F)F)C(F)(F)F.[Cl-]. The van der Waals surface area contributed by atoms with Gasteiger partial charge in [0.05, 0.1) is 27.2 Å². The summed E-state index contributed by atoms with van der Waals surface area (Å²) in [6.07, 6.45) is -10.7. The average Bonchev–Trinajstić information content (AvgIpc) is 2.72. The van der Waals surface area contributed by atoms with E-state index in [0.717, 1.165) is 4.90 Å². The van der Waals surface area contributed by atoms with Gasteiger partial charge >= 0.3 is 12.4 Å². The number of nitrogens with zero attached hydrogens (tertiary/aromatic N) is 1. The molecule has 1 saturated heterocycles. The Kier molecular flexibility index (Phi) is 4.72. The molecule has 0 spiro atoms. The second-order valence-electron chi connectivity index (χ2n) is 3.93. The van der Waals surface area contributed by atoms with E-state index in [1.807, 2.05) is 0 Å². The van der Waals surface area contributed by atoms with Gasteiger partial charge in [-0.1, -0.05) is 0 Å². The molecule has 1 fully saturated rings. The third-order valence-electron chi connectivity index (χ3n) is 2.31. The van der Waals surface area contributed by atoms with Gasteiger partial charge in [0.2, 0.25) is 0 Å². The van der Waals surface area contributed by atoms with Crippen LogP contribution in [0.3, 0.4) is 0 Å². The summed E-state index contributed by atoms with van der Waals surface area (Å²) in [6, 6.07) is 0. The molecule has 0 aromatic rings. The molecule has 0 aliphatic carbocycles. The van der Waals surface area contributed by atoms with Crippen molar-refractivity contribution in [2.75, 3.05) is 27.2 Å². The minimum absolute atomic E-state index is 0. The highest BCUT2D eigenvalue weighted by Gasteiger charge is 2.84. The number of hydrogen-bond donors (Lipinski definition) is 2. The van der Waals surface area contributed by atoms with Crippen molar-refractivity contribution in [1.82, 2.24) is 10.4 Å². The van der Waals surface area contributed by atoms with E-state index in [1.54, 1.807) is 14.1 Å². The number of halogens is 7. The van der Waals surface area contributed by atoms with Crippen molar-refractivity contribution in [3.63, 3.8) is 0 Å². The summed E-state index contributed by atoms with van der Waals surface area (Å²) in [5.41, 5.74) is -2.46. The molecule has 1 heterocycles. The molecule has 3 nitrogen and oxygen atoms in total. The predicted octanol–water partition coefficient (Wildman–Crippen LogP) is -3.22. The van der Waals surface area contributed by atoms with Crippen LogP contribution in [0.25, 0.3) is 0 Å². The van der Waals surface area contributed by atoms with Crippen molar-refractivity contribution in [3.8, 4) is 0 Å². The highest BCUT2D eigenvalue weighted by Crippen LogP contribution is 2.51. The zero-order chi connectivity index (χ0) is 12.8. The minimum atomic E-state index is -5.37. The Morgan fingerprint density at radius 1 is 1.06 bits per heavy atom. The lowest BCUT2D eigenvalue weighted by molar-refractivity contribution is -0.857. The van der Waals surface area contributed by atoms with E-state index < -0.39 is 18.0 Å². The molecule has 0 aromatic heterocycles. The maximum atomic E-state index is 12.3. The molecule has 104 valence electrons. The second kappa shape index (κ2) is 4.79. The first kappa shape index (κ1) is 16.8. The van der Waals surface area contributed by atoms with Crippen molar-refractivity contribution in [3.05, 3.63) is 0 Å². The van der Waals surface area contributed by atoms with Gasteiger partial charge in [0.25, 0.3) is 5.66 Å². The molecule has 0 amide bonds. The third kappa shape index (κ3) is 2.95. The van der Waals surface area contributed by atoms with Crippen LogP contribution in [-0.4, -0.2) is 50.2 Å². The zero-order valence-electron chi connectivity index (χ0n) is 9.01. The molecule has 0 saturated carbocycles. The van der Waals surface area contributed by atoms with Crippen LogP contribution in [0.15, 0.2) is 0 Å². The molecule has 1 atom stereocenters. The summed E-state index contributed by atoms with van der Waals surface area (Å²) in [7, 11) is 3.29. The normalized spacial score (nSPS) is 23.5. The van der Waals surface area contributed by atoms with Crippen LogP contribution < -0.4 is 22.7 Å². The van der Waals surface area contributed by atoms with E-state index in [4.69, 9.17) is 0 Å². The van der Waals surface area contributed by atoms with Gasteiger partial charge < -0.3 is 17.3 Å². The molecule has 2 N–H and O–H groups in total. The molecule has 1 aliphatic heterocycles. The van der Waals surface area contributed by atoms with Crippen LogP contribution in [0.1, 0.15) is 0 Å². The summed E-state index contributed by atoms with van der Waals surface area (Å²) < 4.78 is 74.0. The van der Waals surface area contributed by atoms with Gasteiger partial charge in [-0.05, 0) is 0 Å². The standard InChI is InChI=1S/C7H11F6N3.ClH/c1-15(2)3-4-16-5(14-16,6(8,9)10)7(11,12)13;/h14H,3-4H2,1-2H3;1H. The van der Waals surface area contributed by atoms with Gasteiger partial charge in [-0.25, -0.2) is 5.43 Å². The number of quaternary nitrogens is 1. The molecule has 0 aromatic carbocycles. The van der Waals surface area contributed by atoms with Crippen molar-refractivity contribution in [1.29, 1.82) is 0 Å². The second-order valence-corrected chi connectivity index (χ2v) is 3.93. The molecular weight excluding hydrogens is 276 g/mol. The van der Waals surface area contributed by atoms with Gasteiger partial charge in [-0.3, -0.25) is 0 Å². The number of likely N-dealkylation sites (N-methyl/N-ethyl adjacent to an activating group) is 1. The number of nitrogens with one attached hydrogen (secondary N) is 2. The summed E-state index contributed by atoms with van der Waals surface area (Å²) in [6.45, 7) is -0.137. The zero-order valence-corrected chi connectivity index (χ0v) is 9.76. The monoisotopic (exact) mass is 287 g/mol. The molecule has 1 aliphatic rings. The molecule has 0 bridgehead atoms. The summed E-state index contributed by atoms with van der Waals surface area (Å²) >= 11 is 0. The van der Waals surface area contributed by atoms with Crippen molar-refractivity contribution < 1.29 is 43.6 Å². The fraction of sp³-hybridized carbons (Fsp3) is 1.00. The van der Waals surface area contributed by atoms with Crippen molar-refractivity contribution in [2.24, 2.45) is 0 Å². The topological polar surface area (TPSA) is 29.4 Å². The summed E-state index contributed by atoms with van der Waals surface area (Å²) in [5, 5.41) is 0.181. The first-order valence-corrected chi connectivity index (χ1v) is 4.50. The summed E-state index contributed by atoms with van der Waals surface area (Å²) in [5.74, 6) is 0. The lowest BCUT2D eigenvalue weighted by Crippen LogP contribution is -3.06. The van der Waals surface area contributed by atoms with Gasteiger partial charge in [0, 0.05) is 0 Å². The van der Waals surface area contributed by atoms with Crippen molar-refractivity contribution >= 4 is 0 Å². The van der Waals surface area contributed by atoms with E-state index in [1.165, 1.54) is 5.43 Å². The average molecular weight is 288 g/mol. The van der Waals surface area contributed by atoms with E-state index in [0.29, 0.717) is 0 Å². The first-order valence-electron chi connectivity index (χ1n) is 4.50. The number of hydrazine groups is 1. The smallest absolute Gasteiger partial charge is 0.431 e. The largest absolute Gasteiger partial charge is 1.00 e. The van der Waals surface area contributed by atoms with Crippen LogP contribution in [0.4, 0.5) is 26.3 Å². The Labute approximate surface area is 100 Å². The molecule has 17 heavy (non-hydrogen) atoms. The maximum absolute atomic E-state index is 12.3. The molecule has 1 rings (SSSR count). The van der Waals surface area contributed by atoms with Crippen LogP contribution in [0.5, 0.6) is 0 Å². The fourth-order valence-electron chi connectivity index (χ4n) is 1.32. The van der Waals surface area contributed by atoms with Crippen LogP contribution >= 0.6 is 0 Å². The van der Waals surface area contributed by atoms with Crippen molar-refractivity contribution in [2.45, 2.75) is 18.0 Å². The Balaban J connectivity index is 0.00000256. The number of alkyl halides is 6. The Morgan fingerprint density at radius 3 is 1.71 bits per heavy atom. The van der Waals surface area contributed by atoms with E-state index in [2.05, 4.69) is 0 Å². The Hall–Kier alpha value is -0.250. The maximum Gasteiger partial charge on any atom is 0.431 e. The minimum Gasteiger partial charge on any atom is -1.00 e. The molecular formula is C7H12ClF6N3. The lowest BCUT2D eigenvalue weighted by Gasteiger charge is -2.21. The van der Waals surface area contributed by atoms with Gasteiger partial charge in [0.1, 0.15) is 0 Å². The Bertz CT molecular complexity index is 249. The van der Waals surface area contributed by atoms with E-state index in [9.17, 15) is 26.3 Å². The third-order valence-corrected chi connectivity index (χ3v) is 2.31. The van der Waals surface area contributed by atoms with Crippen LogP contribution in [0, 0.1) is 0 Å². The highest BCUT2D eigenvalue weighted by molar-refractivity contribution is 5.09. The quantitative estimate of drug-likeness (QED) is 0.422. The van der Waals surface area contributed by atoms with Gasteiger partial charge in [0.15, 0.2) is 0 Å².